The van der Waals surface area contributed by atoms with E-state index in [9.17, 15) is 13.2 Å². The van der Waals surface area contributed by atoms with Crippen molar-refractivity contribution in [3.8, 4) is 0 Å². The van der Waals surface area contributed by atoms with Crippen LogP contribution in [0, 0.1) is 0 Å². The summed E-state index contributed by atoms with van der Waals surface area (Å²) in [5, 5.41) is 0. The van der Waals surface area contributed by atoms with Gasteiger partial charge >= 0.3 is 5.97 Å². The molecule has 1 N–H and O–H groups in total. The minimum atomic E-state index is -3.91. The molecule has 0 aromatic heterocycles. The summed E-state index contributed by atoms with van der Waals surface area (Å²) in [6.45, 7) is 5.54. The van der Waals surface area contributed by atoms with Gasteiger partial charge in [-0.15, -0.1) is 0 Å². The van der Waals surface area contributed by atoms with Gasteiger partial charge in [0.2, 0.25) is 0 Å². The molecule has 1 fully saturated rings. The molecule has 0 amide bonds. The lowest BCUT2D eigenvalue weighted by atomic mass is 10.1. The summed E-state index contributed by atoms with van der Waals surface area (Å²) in [6.07, 6.45) is 11.4. The number of ether oxygens (including phenoxy) is 1. The van der Waals surface area contributed by atoms with Crippen molar-refractivity contribution in [2.75, 3.05) is 45.2 Å². The Bertz CT molecular complexity index is 514. The lowest BCUT2D eigenvalue weighted by Gasteiger charge is -2.33. The van der Waals surface area contributed by atoms with Crippen LogP contribution >= 0.6 is 0 Å². The van der Waals surface area contributed by atoms with E-state index in [4.69, 9.17) is 9.29 Å². The predicted molar refractivity (Wildman–Crippen MR) is 103 cm³/mol. The van der Waals surface area contributed by atoms with Crippen LogP contribution in [-0.4, -0.2) is 73.9 Å². The molecule has 0 aromatic rings. The quantitative estimate of drug-likeness (QED) is 0.223. The van der Waals surface area contributed by atoms with Gasteiger partial charge in [-0.05, 0) is 26.2 Å². The molecule has 1 saturated heterocycles. The fourth-order valence-corrected chi connectivity index (χ4v) is 3.34. The third-order valence-corrected chi connectivity index (χ3v) is 5.22. The molecule has 0 atom stereocenters. The van der Waals surface area contributed by atoms with Crippen LogP contribution in [0.1, 0.15) is 51.9 Å². The molecule has 0 aromatic carbocycles. The molecule has 0 unspecified atom stereocenters. The summed E-state index contributed by atoms with van der Waals surface area (Å²) in [7, 11) is -3.91. The van der Waals surface area contributed by atoms with Crippen molar-refractivity contribution in [3.05, 3.63) is 12.2 Å². The molecule has 1 aliphatic rings. The first kappa shape index (κ1) is 23.1. The van der Waals surface area contributed by atoms with E-state index < -0.39 is 10.1 Å². The number of hydrogen-bond donors (Lipinski definition) is 1. The Hall–Kier alpha value is -0.960. The number of nitrogens with zero attached hydrogens (tertiary/aromatic N) is 2. The van der Waals surface area contributed by atoms with E-state index >= 15 is 0 Å². The molecule has 0 radical (unpaired) electrons. The second-order valence-corrected chi connectivity index (χ2v) is 8.34. The highest BCUT2D eigenvalue weighted by Gasteiger charge is 2.19. The summed E-state index contributed by atoms with van der Waals surface area (Å²) in [5.41, 5.74) is 0. The molecular formula is C18H34N2O5S. The molecule has 1 aliphatic heterocycles. The molecule has 1 rings (SSSR count). The fourth-order valence-electron chi connectivity index (χ4n) is 2.85. The van der Waals surface area contributed by atoms with Gasteiger partial charge in [0.1, 0.15) is 6.73 Å². The maximum atomic E-state index is 11.8. The van der Waals surface area contributed by atoms with Crippen molar-refractivity contribution >= 4 is 16.1 Å². The van der Waals surface area contributed by atoms with Gasteiger partial charge in [0.25, 0.3) is 10.1 Å². The Labute approximate surface area is 158 Å². The van der Waals surface area contributed by atoms with Crippen LogP contribution in [0.2, 0.25) is 0 Å². The number of piperazine rings is 1. The zero-order valence-corrected chi connectivity index (χ0v) is 16.8. The number of unbranched alkanes of at least 4 members (excludes halogenated alkanes) is 5. The number of hydrogen-bond acceptors (Lipinski definition) is 6. The van der Waals surface area contributed by atoms with E-state index in [0.717, 1.165) is 38.8 Å². The van der Waals surface area contributed by atoms with Crippen molar-refractivity contribution in [1.29, 1.82) is 0 Å². The average Bonchev–Trinajstić information content (AvgIpc) is 2.60. The summed E-state index contributed by atoms with van der Waals surface area (Å²) in [6, 6.07) is 0. The summed E-state index contributed by atoms with van der Waals surface area (Å²) in [4.78, 5) is 15.8. The highest BCUT2D eigenvalue weighted by molar-refractivity contribution is 7.85. The van der Waals surface area contributed by atoms with Crippen LogP contribution in [-0.2, 0) is 19.6 Å². The zero-order valence-electron chi connectivity index (χ0n) is 15.9. The maximum Gasteiger partial charge on any atom is 0.307 e. The van der Waals surface area contributed by atoms with Crippen LogP contribution < -0.4 is 0 Å². The fraction of sp³-hybridized carbons (Fsp3) is 0.833. The molecule has 26 heavy (non-hydrogen) atoms. The van der Waals surface area contributed by atoms with E-state index in [1.807, 2.05) is 16.7 Å². The van der Waals surface area contributed by atoms with Gasteiger partial charge in [0.05, 0.1) is 5.75 Å². The Balaban J connectivity index is 1.99. The number of carbonyl (C=O) groups excluding carboxylic acids is 1. The first-order valence-electron chi connectivity index (χ1n) is 9.57. The standard InChI is InChI=1S/C18H34N2O5S/c1-2-3-4-5-6-7-8-9-10-18(21)25-17-20-13-11-19(12-14-20)15-16-26(22,23)24/h2-3H,4-17H2,1H3,(H,22,23,24)/b3-2+. The van der Waals surface area contributed by atoms with Crippen LogP contribution in [0.25, 0.3) is 0 Å². The zero-order chi connectivity index (χ0) is 19.3. The molecule has 1 heterocycles. The SMILES string of the molecule is C/C=C/CCCCCCCC(=O)OCN1CCN(CCS(=O)(=O)O)CC1. The van der Waals surface area contributed by atoms with Crippen LogP contribution in [0.5, 0.6) is 0 Å². The highest BCUT2D eigenvalue weighted by atomic mass is 32.2. The molecule has 0 aliphatic carbocycles. The first-order valence-corrected chi connectivity index (χ1v) is 11.2. The molecule has 0 spiro atoms. The topological polar surface area (TPSA) is 87.2 Å². The van der Waals surface area contributed by atoms with E-state index in [-0.39, 0.29) is 11.7 Å². The van der Waals surface area contributed by atoms with Gasteiger partial charge in [0.15, 0.2) is 0 Å². The first-order chi connectivity index (χ1) is 12.4. The Kier molecular flexibility index (Phi) is 11.8. The average molecular weight is 391 g/mol. The van der Waals surface area contributed by atoms with Gasteiger partial charge in [-0.2, -0.15) is 8.42 Å². The van der Waals surface area contributed by atoms with Crippen molar-refractivity contribution in [3.63, 3.8) is 0 Å². The molecule has 8 heteroatoms. The van der Waals surface area contributed by atoms with Crippen LogP contribution in [0.3, 0.4) is 0 Å². The third kappa shape index (κ3) is 12.4. The second-order valence-electron chi connectivity index (χ2n) is 6.77. The maximum absolute atomic E-state index is 11.8. The number of allylic oxidation sites excluding steroid dienone is 2. The Morgan fingerprint density at radius 1 is 1.04 bits per heavy atom. The van der Waals surface area contributed by atoms with Gasteiger partial charge < -0.3 is 4.74 Å². The van der Waals surface area contributed by atoms with Gasteiger partial charge in [-0.3, -0.25) is 19.1 Å². The predicted octanol–water partition coefficient (Wildman–Crippen LogP) is 2.30. The van der Waals surface area contributed by atoms with E-state index in [1.165, 1.54) is 12.8 Å². The number of rotatable bonds is 13. The van der Waals surface area contributed by atoms with Crippen molar-refractivity contribution < 1.29 is 22.5 Å². The smallest absolute Gasteiger partial charge is 0.307 e. The minimum Gasteiger partial charge on any atom is -0.449 e. The summed E-state index contributed by atoms with van der Waals surface area (Å²) >= 11 is 0. The van der Waals surface area contributed by atoms with E-state index in [1.54, 1.807) is 0 Å². The molecule has 0 bridgehead atoms. The van der Waals surface area contributed by atoms with Gasteiger partial charge in [0, 0.05) is 39.1 Å². The third-order valence-electron chi connectivity index (χ3n) is 4.53. The molecule has 7 nitrogen and oxygen atoms in total. The largest absolute Gasteiger partial charge is 0.449 e. The number of carbonyl (C=O) groups is 1. The summed E-state index contributed by atoms with van der Waals surface area (Å²) in [5.74, 6) is -0.384. The highest BCUT2D eigenvalue weighted by Crippen LogP contribution is 2.09. The normalized spacial score (nSPS) is 17.0. The van der Waals surface area contributed by atoms with E-state index in [0.29, 0.717) is 32.8 Å². The lowest BCUT2D eigenvalue weighted by Crippen LogP contribution is -2.48. The minimum absolute atomic E-state index is 0.146. The molecular weight excluding hydrogens is 356 g/mol. The van der Waals surface area contributed by atoms with Crippen molar-refractivity contribution in [2.24, 2.45) is 0 Å². The van der Waals surface area contributed by atoms with Crippen LogP contribution in [0.15, 0.2) is 12.2 Å². The monoisotopic (exact) mass is 390 g/mol. The lowest BCUT2D eigenvalue weighted by molar-refractivity contribution is -0.149. The van der Waals surface area contributed by atoms with Crippen LogP contribution in [0.4, 0.5) is 0 Å². The van der Waals surface area contributed by atoms with Crippen molar-refractivity contribution in [2.45, 2.75) is 51.9 Å². The Morgan fingerprint density at radius 2 is 1.65 bits per heavy atom. The summed E-state index contributed by atoms with van der Waals surface area (Å²) < 4.78 is 35.6. The molecule has 152 valence electrons. The second kappa shape index (κ2) is 13.2. The van der Waals surface area contributed by atoms with E-state index in [2.05, 4.69) is 12.2 Å². The molecule has 0 saturated carbocycles. The van der Waals surface area contributed by atoms with Crippen molar-refractivity contribution in [1.82, 2.24) is 9.80 Å². The van der Waals surface area contributed by atoms with Gasteiger partial charge in [-0.1, -0.05) is 31.4 Å². The Morgan fingerprint density at radius 3 is 2.31 bits per heavy atom. The van der Waals surface area contributed by atoms with Gasteiger partial charge in [-0.25, -0.2) is 0 Å². The number of esters is 1.